The van der Waals surface area contributed by atoms with E-state index in [4.69, 9.17) is 5.73 Å². The van der Waals surface area contributed by atoms with E-state index in [1.165, 1.54) is 19.1 Å². The number of carbonyl (C=O) groups excluding carboxylic acids is 2. The quantitative estimate of drug-likeness (QED) is 0.647. The van der Waals surface area contributed by atoms with Crippen molar-refractivity contribution in [3.8, 4) is 0 Å². The summed E-state index contributed by atoms with van der Waals surface area (Å²) in [6, 6.07) is 4.48. The number of hydrogen-bond acceptors (Lipinski definition) is 5. The molecule has 0 aliphatic heterocycles. The molecular formula is C20H24FN5O2. The van der Waals surface area contributed by atoms with Crippen molar-refractivity contribution in [2.75, 3.05) is 11.9 Å². The summed E-state index contributed by atoms with van der Waals surface area (Å²) < 4.78 is 14.1. The molecule has 0 bridgehead atoms. The minimum Gasteiger partial charge on any atom is -0.364 e. The van der Waals surface area contributed by atoms with E-state index in [1.807, 2.05) is 6.92 Å². The van der Waals surface area contributed by atoms with E-state index in [2.05, 4.69) is 20.6 Å². The highest BCUT2D eigenvalue weighted by molar-refractivity contribution is 5.96. The normalized spacial score (nSPS) is 13.2. The smallest absolute Gasteiger partial charge is 0.271 e. The topological polar surface area (TPSA) is 110 Å². The van der Waals surface area contributed by atoms with Crippen LogP contribution in [0, 0.1) is 5.82 Å². The first-order valence-corrected chi connectivity index (χ1v) is 9.39. The lowest BCUT2D eigenvalue weighted by molar-refractivity contribution is -0.118. The number of anilines is 2. The lowest BCUT2D eigenvalue weighted by atomic mass is 10.1. The lowest BCUT2D eigenvalue weighted by Gasteiger charge is -2.14. The maximum Gasteiger partial charge on any atom is 0.271 e. The van der Waals surface area contributed by atoms with E-state index in [0.717, 1.165) is 24.2 Å². The van der Waals surface area contributed by atoms with Gasteiger partial charge in [-0.05, 0) is 49.4 Å². The third-order valence-corrected chi connectivity index (χ3v) is 4.54. The molecule has 1 aliphatic rings. The summed E-state index contributed by atoms with van der Waals surface area (Å²) in [4.78, 5) is 31.9. The maximum atomic E-state index is 14.1. The molecule has 1 aromatic carbocycles. The first-order chi connectivity index (χ1) is 13.4. The zero-order chi connectivity index (χ0) is 20.3. The molecule has 0 unspecified atom stereocenters. The third-order valence-electron chi connectivity index (χ3n) is 4.54. The van der Waals surface area contributed by atoms with E-state index in [9.17, 15) is 14.0 Å². The number of aryl methyl sites for hydroxylation is 1. The Morgan fingerprint density at radius 2 is 2.00 bits per heavy atom. The van der Waals surface area contributed by atoms with Gasteiger partial charge in [-0.25, -0.2) is 14.4 Å². The van der Waals surface area contributed by atoms with Crippen LogP contribution in [0.1, 0.15) is 60.0 Å². The van der Waals surface area contributed by atoms with Crippen LogP contribution in [0.5, 0.6) is 0 Å². The summed E-state index contributed by atoms with van der Waals surface area (Å²) in [5, 5.41) is 5.69. The Bertz CT molecular complexity index is 912. The molecule has 0 radical (unpaired) electrons. The summed E-state index contributed by atoms with van der Waals surface area (Å²) >= 11 is 0. The molecule has 0 spiro atoms. The van der Waals surface area contributed by atoms with Gasteiger partial charge in [0.1, 0.15) is 5.82 Å². The third kappa shape index (κ3) is 4.82. The first kappa shape index (κ1) is 19.7. The molecule has 28 heavy (non-hydrogen) atoms. The molecule has 1 fully saturated rings. The van der Waals surface area contributed by atoms with Gasteiger partial charge in [-0.1, -0.05) is 6.92 Å². The van der Waals surface area contributed by atoms with Gasteiger partial charge in [-0.3, -0.25) is 9.59 Å². The van der Waals surface area contributed by atoms with Gasteiger partial charge in [-0.2, -0.15) is 0 Å². The molecule has 1 aliphatic carbocycles. The number of nitrogens with one attached hydrogen (secondary N) is 2. The van der Waals surface area contributed by atoms with Gasteiger partial charge in [0.25, 0.3) is 5.91 Å². The Kier molecular flexibility index (Phi) is 5.87. The average Bonchev–Trinajstić information content (AvgIpc) is 3.45. The minimum absolute atomic E-state index is 0.0466. The second-order valence-corrected chi connectivity index (χ2v) is 6.95. The Morgan fingerprint density at radius 1 is 1.25 bits per heavy atom. The number of hydrogen-bond donors (Lipinski definition) is 3. The number of carbonyl (C=O) groups is 2. The summed E-state index contributed by atoms with van der Waals surface area (Å²) in [7, 11) is 0. The molecule has 0 atom stereocenters. The molecule has 1 heterocycles. The standard InChI is InChI=1S/C20H24FN5O2/c1-3-16-17(13-4-5-13)26-20(18(25-16)19(22)28)24-15-9-12(8-14(21)10-15)6-7-23-11(2)27/h8-10,13H,3-7H2,1-2H3,(H2,22,28)(H,23,27)(H,24,26). The first-order valence-electron chi connectivity index (χ1n) is 9.39. The SMILES string of the molecule is CCc1nc(C(N)=O)c(Nc2cc(F)cc(CCNC(C)=O)c2)nc1C1CC1. The van der Waals surface area contributed by atoms with Crippen LogP contribution in [0.25, 0.3) is 0 Å². The predicted molar refractivity (Wildman–Crippen MR) is 104 cm³/mol. The Balaban J connectivity index is 1.90. The van der Waals surface area contributed by atoms with Crippen LogP contribution in [0.3, 0.4) is 0 Å². The van der Waals surface area contributed by atoms with Gasteiger partial charge in [0.2, 0.25) is 5.91 Å². The van der Waals surface area contributed by atoms with Crippen LogP contribution in [0.4, 0.5) is 15.9 Å². The molecule has 1 saturated carbocycles. The van der Waals surface area contributed by atoms with Crippen LogP contribution < -0.4 is 16.4 Å². The maximum absolute atomic E-state index is 14.1. The molecule has 3 rings (SSSR count). The number of amides is 2. The predicted octanol–water partition coefficient (Wildman–Crippen LogP) is 2.58. The highest BCUT2D eigenvalue weighted by Gasteiger charge is 2.30. The highest BCUT2D eigenvalue weighted by Crippen LogP contribution is 2.41. The highest BCUT2D eigenvalue weighted by atomic mass is 19.1. The number of rotatable bonds is 8. The molecule has 0 saturated heterocycles. The van der Waals surface area contributed by atoms with Crippen molar-refractivity contribution in [1.82, 2.24) is 15.3 Å². The number of halogens is 1. The summed E-state index contributed by atoms with van der Waals surface area (Å²) in [5.74, 6) is -0.659. The van der Waals surface area contributed by atoms with Gasteiger partial charge >= 0.3 is 0 Å². The molecule has 148 valence electrons. The largest absolute Gasteiger partial charge is 0.364 e. The molecule has 2 amide bonds. The monoisotopic (exact) mass is 385 g/mol. The van der Waals surface area contributed by atoms with E-state index in [-0.39, 0.29) is 17.4 Å². The summed E-state index contributed by atoms with van der Waals surface area (Å²) in [5.41, 5.74) is 8.34. The van der Waals surface area contributed by atoms with Crippen LogP contribution in [-0.2, 0) is 17.6 Å². The van der Waals surface area contributed by atoms with E-state index in [1.54, 1.807) is 6.07 Å². The Hall–Kier alpha value is -3.03. The van der Waals surface area contributed by atoms with Gasteiger partial charge in [0.15, 0.2) is 11.5 Å². The Labute approximate surface area is 162 Å². The molecular weight excluding hydrogens is 361 g/mol. The van der Waals surface area contributed by atoms with Crippen molar-refractivity contribution in [2.45, 2.75) is 45.4 Å². The van der Waals surface area contributed by atoms with Crippen LogP contribution in [0.2, 0.25) is 0 Å². The molecule has 1 aromatic heterocycles. The van der Waals surface area contributed by atoms with Crippen molar-refractivity contribution >= 4 is 23.3 Å². The van der Waals surface area contributed by atoms with Crippen LogP contribution in [-0.4, -0.2) is 28.3 Å². The number of aromatic nitrogens is 2. The van der Waals surface area contributed by atoms with Gasteiger partial charge < -0.3 is 16.4 Å². The van der Waals surface area contributed by atoms with E-state index < -0.39 is 11.7 Å². The van der Waals surface area contributed by atoms with Gasteiger partial charge in [-0.15, -0.1) is 0 Å². The van der Waals surface area contributed by atoms with Crippen molar-refractivity contribution in [2.24, 2.45) is 5.73 Å². The molecule has 7 nitrogen and oxygen atoms in total. The fourth-order valence-electron chi connectivity index (χ4n) is 3.07. The number of nitrogens with two attached hydrogens (primary N) is 1. The molecule has 2 aromatic rings. The van der Waals surface area contributed by atoms with Gasteiger partial charge in [0.05, 0.1) is 11.4 Å². The van der Waals surface area contributed by atoms with Gasteiger partial charge in [0, 0.05) is 25.1 Å². The molecule has 4 N–H and O–H groups in total. The van der Waals surface area contributed by atoms with Crippen LogP contribution >= 0.6 is 0 Å². The van der Waals surface area contributed by atoms with Crippen molar-refractivity contribution in [3.63, 3.8) is 0 Å². The minimum atomic E-state index is -0.686. The second kappa shape index (κ2) is 8.33. The lowest BCUT2D eigenvalue weighted by Crippen LogP contribution is -2.22. The second-order valence-electron chi connectivity index (χ2n) is 6.95. The summed E-state index contributed by atoms with van der Waals surface area (Å²) in [6.07, 6.45) is 3.23. The number of benzene rings is 1. The summed E-state index contributed by atoms with van der Waals surface area (Å²) in [6.45, 7) is 3.79. The van der Waals surface area contributed by atoms with E-state index in [0.29, 0.717) is 36.6 Å². The van der Waals surface area contributed by atoms with Crippen LogP contribution in [0.15, 0.2) is 18.2 Å². The zero-order valence-electron chi connectivity index (χ0n) is 16.0. The zero-order valence-corrected chi connectivity index (χ0v) is 16.0. The number of nitrogens with zero attached hydrogens (tertiary/aromatic N) is 2. The van der Waals surface area contributed by atoms with Crippen molar-refractivity contribution < 1.29 is 14.0 Å². The molecule has 8 heteroatoms. The Morgan fingerprint density at radius 3 is 2.61 bits per heavy atom. The van der Waals surface area contributed by atoms with E-state index >= 15 is 0 Å². The number of primary amides is 1. The van der Waals surface area contributed by atoms with Crippen molar-refractivity contribution in [3.05, 3.63) is 46.7 Å². The van der Waals surface area contributed by atoms with Crippen molar-refractivity contribution in [1.29, 1.82) is 0 Å². The fourth-order valence-corrected chi connectivity index (χ4v) is 3.07. The fraction of sp³-hybridized carbons (Fsp3) is 0.400. The average molecular weight is 385 g/mol.